The first-order chi connectivity index (χ1) is 8.56. The van der Waals surface area contributed by atoms with Gasteiger partial charge in [0.15, 0.2) is 0 Å². The molecule has 0 N–H and O–H groups in total. The molecule has 1 heteroatoms. The van der Waals surface area contributed by atoms with Gasteiger partial charge in [-0.2, -0.15) is 0 Å². The summed E-state index contributed by atoms with van der Waals surface area (Å²) in [5.74, 6) is 4.65. The van der Waals surface area contributed by atoms with Crippen LogP contribution in [-0.4, -0.2) is 23.5 Å². The van der Waals surface area contributed by atoms with Crippen molar-refractivity contribution < 1.29 is 0 Å². The molecule has 1 aliphatic heterocycles. The Balaban J connectivity index is 1.71. The van der Waals surface area contributed by atoms with Crippen LogP contribution in [0.15, 0.2) is 12.2 Å². The summed E-state index contributed by atoms with van der Waals surface area (Å²) in [7, 11) is 0. The third-order valence-electron chi connectivity index (χ3n) is 6.60. The molecule has 18 heavy (non-hydrogen) atoms. The van der Waals surface area contributed by atoms with Gasteiger partial charge in [0, 0.05) is 18.6 Å². The minimum atomic E-state index is 0.720. The third kappa shape index (κ3) is 1.18. The zero-order chi connectivity index (χ0) is 12.7. The van der Waals surface area contributed by atoms with Crippen LogP contribution in [-0.2, 0) is 0 Å². The molecule has 3 fully saturated rings. The molecule has 4 aliphatic rings. The predicted octanol–water partition coefficient (Wildman–Crippen LogP) is 3.56. The summed E-state index contributed by atoms with van der Waals surface area (Å²) >= 11 is 0. The second kappa shape index (κ2) is 3.42. The van der Waals surface area contributed by atoms with E-state index < -0.39 is 0 Å². The molecule has 2 saturated carbocycles. The van der Waals surface area contributed by atoms with Crippen molar-refractivity contribution in [3.63, 3.8) is 0 Å². The lowest BCUT2D eigenvalue weighted by Gasteiger charge is -2.36. The molecule has 0 aromatic rings. The van der Waals surface area contributed by atoms with Crippen LogP contribution in [0.5, 0.6) is 0 Å². The quantitative estimate of drug-likeness (QED) is 0.672. The lowest BCUT2D eigenvalue weighted by molar-refractivity contribution is 0.117. The monoisotopic (exact) mass is 245 g/mol. The number of likely N-dealkylation sites (tertiary alicyclic amines) is 1. The third-order valence-corrected chi connectivity index (χ3v) is 6.60. The summed E-state index contributed by atoms with van der Waals surface area (Å²) in [5, 5.41) is 0. The lowest BCUT2D eigenvalue weighted by Crippen LogP contribution is -2.43. The molecule has 1 saturated heterocycles. The summed E-state index contributed by atoms with van der Waals surface area (Å²) in [6, 6.07) is 1.56. The van der Waals surface area contributed by atoms with E-state index in [1.807, 2.05) is 0 Å². The highest BCUT2D eigenvalue weighted by molar-refractivity contribution is 5.31. The molecular formula is C17H27N. The van der Waals surface area contributed by atoms with Crippen molar-refractivity contribution in [2.24, 2.45) is 35.0 Å². The zero-order valence-corrected chi connectivity index (χ0v) is 12.3. The minimum Gasteiger partial charge on any atom is -0.297 e. The van der Waals surface area contributed by atoms with Crippen molar-refractivity contribution >= 4 is 0 Å². The summed E-state index contributed by atoms with van der Waals surface area (Å²) < 4.78 is 0. The fourth-order valence-electron chi connectivity index (χ4n) is 5.91. The SMILES string of the molecule is CC(C)C1C2C(CN1C(C)C)C1C=CC2C12CC2. The topological polar surface area (TPSA) is 3.24 Å². The van der Waals surface area contributed by atoms with Crippen molar-refractivity contribution in [2.75, 3.05) is 6.54 Å². The Kier molecular flexibility index (Phi) is 2.19. The minimum absolute atomic E-state index is 0.720. The van der Waals surface area contributed by atoms with Crippen LogP contribution in [0.1, 0.15) is 40.5 Å². The summed E-state index contributed by atoms with van der Waals surface area (Å²) in [6.45, 7) is 11.0. The van der Waals surface area contributed by atoms with E-state index >= 15 is 0 Å². The van der Waals surface area contributed by atoms with Crippen LogP contribution in [0, 0.1) is 35.0 Å². The van der Waals surface area contributed by atoms with Gasteiger partial charge in [0.05, 0.1) is 0 Å². The van der Waals surface area contributed by atoms with Gasteiger partial charge in [0.1, 0.15) is 0 Å². The van der Waals surface area contributed by atoms with Gasteiger partial charge in [-0.05, 0) is 61.7 Å². The van der Waals surface area contributed by atoms with Gasteiger partial charge < -0.3 is 0 Å². The van der Waals surface area contributed by atoms with Crippen LogP contribution in [0.3, 0.4) is 0 Å². The highest BCUT2D eigenvalue weighted by atomic mass is 15.2. The molecule has 0 aromatic carbocycles. The van der Waals surface area contributed by atoms with Gasteiger partial charge in [0.25, 0.3) is 0 Å². The Morgan fingerprint density at radius 2 is 1.72 bits per heavy atom. The van der Waals surface area contributed by atoms with E-state index in [1.165, 1.54) is 19.4 Å². The first-order valence-corrected chi connectivity index (χ1v) is 8.00. The van der Waals surface area contributed by atoms with Crippen molar-refractivity contribution in [1.29, 1.82) is 0 Å². The van der Waals surface area contributed by atoms with E-state index in [1.54, 1.807) is 0 Å². The van der Waals surface area contributed by atoms with E-state index in [2.05, 4.69) is 44.7 Å². The molecule has 0 aromatic heterocycles. The van der Waals surface area contributed by atoms with E-state index in [-0.39, 0.29) is 0 Å². The lowest BCUT2D eigenvalue weighted by atomic mass is 9.78. The van der Waals surface area contributed by atoms with Crippen LogP contribution in [0.25, 0.3) is 0 Å². The molecular weight excluding hydrogens is 218 g/mol. The molecule has 5 atom stereocenters. The predicted molar refractivity (Wildman–Crippen MR) is 75.2 cm³/mol. The Morgan fingerprint density at radius 1 is 1.06 bits per heavy atom. The number of nitrogens with zero attached hydrogens (tertiary/aromatic N) is 1. The first-order valence-electron chi connectivity index (χ1n) is 8.00. The molecule has 1 spiro atoms. The van der Waals surface area contributed by atoms with Gasteiger partial charge in [-0.15, -0.1) is 0 Å². The standard InChI is InChI=1S/C17H27N/c1-10(2)16-15-12(9-18(16)11(3)4)13-5-6-14(15)17(13)7-8-17/h5-6,10-16H,7-9H2,1-4H3. The molecule has 0 radical (unpaired) electrons. The molecule has 5 unspecified atom stereocenters. The maximum absolute atomic E-state index is 2.82. The molecule has 1 nitrogen and oxygen atoms in total. The molecule has 100 valence electrons. The van der Waals surface area contributed by atoms with Crippen LogP contribution in [0.4, 0.5) is 0 Å². The van der Waals surface area contributed by atoms with Crippen molar-refractivity contribution in [2.45, 2.75) is 52.6 Å². The Bertz CT molecular complexity index is 390. The maximum Gasteiger partial charge on any atom is 0.0158 e. The van der Waals surface area contributed by atoms with Crippen molar-refractivity contribution in [3.05, 3.63) is 12.2 Å². The van der Waals surface area contributed by atoms with Gasteiger partial charge in [-0.25, -0.2) is 0 Å². The number of rotatable bonds is 2. The van der Waals surface area contributed by atoms with Crippen LogP contribution in [0.2, 0.25) is 0 Å². The highest BCUT2D eigenvalue weighted by Gasteiger charge is 2.70. The fourth-order valence-corrected chi connectivity index (χ4v) is 5.91. The second-order valence-electron chi connectivity index (χ2n) is 7.94. The summed E-state index contributed by atoms with van der Waals surface area (Å²) in [5.41, 5.74) is 0.769. The summed E-state index contributed by atoms with van der Waals surface area (Å²) in [6.07, 6.45) is 8.25. The van der Waals surface area contributed by atoms with E-state index in [4.69, 9.17) is 0 Å². The number of hydrogen-bond donors (Lipinski definition) is 0. The van der Waals surface area contributed by atoms with E-state index in [0.717, 1.165) is 47.1 Å². The Morgan fingerprint density at radius 3 is 2.28 bits per heavy atom. The molecule has 0 amide bonds. The van der Waals surface area contributed by atoms with Crippen molar-refractivity contribution in [1.82, 2.24) is 4.90 Å². The number of fused-ring (bicyclic) bond motifs is 3. The average Bonchev–Trinajstić information content (AvgIpc) is 2.77. The van der Waals surface area contributed by atoms with E-state index in [9.17, 15) is 0 Å². The highest BCUT2D eigenvalue weighted by Crippen LogP contribution is 2.74. The second-order valence-corrected chi connectivity index (χ2v) is 7.94. The number of hydrogen-bond acceptors (Lipinski definition) is 1. The van der Waals surface area contributed by atoms with Gasteiger partial charge in [-0.3, -0.25) is 4.90 Å². The zero-order valence-electron chi connectivity index (χ0n) is 12.3. The molecule has 4 rings (SSSR count). The maximum atomic E-state index is 2.82. The van der Waals surface area contributed by atoms with Gasteiger partial charge >= 0.3 is 0 Å². The molecule has 3 aliphatic carbocycles. The van der Waals surface area contributed by atoms with E-state index in [0.29, 0.717) is 0 Å². The smallest absolute Gasteiger partial charge is 0.0158 e. The first kappa shape index (κ1) is 11.5. The van der Waals surface area contributed by atoms with Crippen LogP contribution >= 0.6 is 0 Å². The van der Waals surface area contributed by atoms with Gasteiger partial charge in [0.2, 0.25) is 0 Å². The average molecular weight is 245 g/mol. The molecule has 1 heterocycles. The number of allylic oxidation sites excluding steroid dienone is 2. The van der Waals surface area contributed by atoms with Gasteiger partial charge in [-0.1, -0.05) is 26.0 Å². The van der Waals surface area contributed by atoms with Crippen molar-refractivity contribution in [3.8, 4) is 0 Å². The molecule has 2 bridgehead atoms. The Hall–Kier alpha value is -0.300. The fraction of sp³-hybridized carbons (Fsp3) is 0.882. The summed E-state index contributed by atoms with van der Waals surface area (Å²) in [4.78, 5) is 2.82. The largest absolute Gasteiger partial charge is 0.297 e. The normalized spacial score (nSPS) is 47.8. The van der Waals surface area contributed by atoms with Crippen LogP contribution < -0.4 is 0 Å². The Labute approximate surface area is 112 Å².